The van der Waals surface area contributed by atoms with E-state index < -0.39 is 0 Å². The zero-order chi connectivity index (χ0) is 16.4. The van der Waals surface area contributed by atoms with Gasteiger partial charge in [0.2, 0.25) is 5.56 Å². The molecule has 0 spiro atoms. The average Bonchev–Trinajstić information content (AvgIpc) is 3.08. The SMILES string of the molecule is O=c1cccc(N2[C@@H](c3ccccc3)CC[C@@H]2c2ccccc2)[nH]1. The van der Waals surface area contributed by atoms with Crippen molar-refractivity contribution in [1.82, 2.24) is 4.98 Å². The van der Waals surface area contributed by atoms with Crippen molar-refractivity contribution >= 4 is 5.82 Å². The molecule has 2 atom stereocenters. The van der Waals surface area contributed by atoms with Crippen LogP contribution in [-0.2, 0) is 0 Å². The quantitative estimate of drug-likeness (QED) is 0.774. The molecule has 0 aliphatic carbocycles. The van der Waals surface area contributed by atoms with Crippen LogP contribution in [0.4, 0.5) is 5.82 Å². The molecule has 0 saturated carbocycles. The molecule has 1 aliphatic heterocycles. The second kappa shape index (κ2) is 6.36. The normalized spacial score (nSPS) is 20.2. The fourth-order valence-corrected chi connectivity index (χ4v) is 3.74. The maximum atomic E-state index is 11.9. The molecule has 3 aromatic rings. The van der Waals surface area contributed by atoms with Gasteiger partial charge in [-0.05, 0) is 30.0 Å². The molecule has 0 bridgehead atoms. The van der Waals surface area contributed by atoms with Crippen LogP contribution in [0.1, 0.15) is 36.1 Å². The fraction of sp³-hybridized carbons (Fsp3) is 0.190. The van der Waals surface area contributed by atoms with Crippen molar-refractivity contribution < 1.29 is 0 Å². The average molecular weight is 316 g/mol. The highest BCUT2D eigenvalue weighted by molar-refractivity contribution is 5.48. The minimum atomic E-state index is -0.0574. The molecule has 1 fully saturated rings. The lowest BCUT2D eigenvalue weighted by atomic mass is 10.0. The van der Waals surface area contributed by atoms with Crippen LogP contribution in [0.25, 0.3) is 0 Å². The van der Waals surface area contributed by atoms with Crippen LogP contribution in [0.2, 0.25) is 0 Å². The second-order valence-corrected chi connectivity index (χ2v) is 6.24. The number of aromatic amines is 1. The van der Waals surface area contributed by atoms with Crippen LogP contribution in [-0.4, -0.2) is 4.98 Å². The highest BCUT2D eigenvalue weighted by atomic mass is 16.1. The highest BCUT2D eigenvalue weighted by Gasteiger charge is 2.35. The fourth-order valence-electron chi connectivity index (χ4n) is 3.74. The van der Waals surface area contributed by atoms with Gasteiger partial charge in [0.1, 0.15) is 5.82 Å². The maximum Gasteiger partial charge on any atom is 0.249 e. The van der Waals surface area contributed by atoms with Crippen LogP contribution < -0.4 is 10.5 Å². The molecule has 1 aromatic heterocycles. The molecule has 1 aliphatic rings. The third kappa shape index (κ3) is 2.73. The number of pyridine rings is 1. The maximum absolute atomic E-state index is 11.9. The van der Waals surface area contributed by atoms with Gasteiger partial charge in [-0.1, -0.05) is 66.7 Å². The zero-order valence-corrected chi connectivity index (χ0v) is 13.4. The van der Waals surface area contributed by atoms with Crippen molar-refractivity contribution in [3.05, 3.63) is 100 Å². The molecule has 1 saturated heterocycles. The number of hydrogen-bond acceptors (Lipinski definition) is 2. The van der Waals surface area contributed by atoms with Gasteiger partial charge in [-0.25, -0.2) is 0 Å². The highest BCUT2D eigenvalue weighted by Crippen LogP contribution is 2.45. The first-order valence-corrected chi connectivity index (χ1v) is 8.40. The second-order valence-electron chi connectivity index (χ2n) is 6.24. The van der Waals surface area contributed by atoms with E-state index in [0.717, 1.165) is 18.7 Å². The third-order valence-corrected chi connectivity index (χ3v) is 4.78. The molecule has 1 N–H and O–H groups in total. The number of nitrogens with one attached hydrogen (secondary N) is 1. The Morgan fingerprint density at radius 2 is 1.25 bits per heavy atom. The molecule has 24 heavy (non-hydrogen) atoms. The summed E-state index contributed by atoms with van der Waals surface area (Å²) in [6, 6.07) is 27.0. The standard InChI is InChI=1S/C21H20N2O/c24-21-13-7-12-20(22-21)23-18(16-8-3-1-4-9-16)14-15-19(23)17-10-5-2-6-11-17/h1-13,18-19H,14-15H2,(H,22,24)/t18-,19-/m1/s1. The predicted octanol–water partition coefficient (Wildman–Crippen LogP) is 4.46. The zero-order valence-electron chi connectivity index (χ0n) is 13.4. The van der Waals surface area contributed by atoms with E-state index in [1.165, 1.54) is 11.1 Å². The van der Waals surface area contributed by atoms with Gasteiger partial charge >= 0.3 is 0 Å². The van der Waals surface area contributed by atoms with E-state index >= 15 is 0 Å². The monoisotopic (exact) mass is 316 g/mol. The molecule has 0 amide bonds. The Morgan fingerprint density at radius 1 is 0.708 bits per heavy atom. The van der Waals surface area contributed by atoms with Gasteiger partial charge in [-0.3, -0.25) is 4.79 Å². The van der Waals surface area contributed by atoms with Crippen LogP contribution in [0.3, 0.4) is 0 Å². The molecule has 0 radical (unpaired) electrons. The van der Waals surface area contributed by atoms with Crippen LogP contribution in [0.5, 0.6) is 0 Å². The number of hydrogen-bond donors (Lipinski definition) is 1. The molecular formula is C21H20N2O. The van der Waals surface area contributed by atoms with Gasteiger partial charge < -0.3 is 9.88 Å². The van der Waals surface area contributed by atoms with Crippen molar-refractivity contribution in [1.29, 1.82) is 0 Å². The van der Waals surface area contributed by atoms with E-state index in [1.54, 1.807) is 6.07 Å². The first kappa shape index (κ1) is 14.8. The third-order valence-electron chi connectivity index (χ3n) is 4.78. The van der Waals surface area contributed by atoms with E-state index in [4.69, 9.17) is 0 Å². The number of anilines is 1. The Bertz CT molecular complexity index is 810. The van der Waals surface area contributed by atoms with E-state index in [0.29, 0.717) is 0 Å². The first-order valence-electron chi connectivity index (χ1n) is 8.40. The number of benzene rings is 2. The van der Waals surface area contributed by atoms with Crippen LogP contribution in [0.15, 0.2) is 83.7 Å². The molecule has 0 unspecified atom stereocenters. The topological polar surface area (TPSA) is 36.1 Å². The molecule has 3 nitrogen and oxygen atoms in total. The number of rotatable bonds is 3. The van der Waals surface area contributed by atoms with Gasteiger partial charge in [0.15, 0.2) is 0 Å². The van der Waals surface area contributed by atoms with Crippen LogP contribution in [0, 0.1) is 0 Å². The summed E-state index contributed by atoms with van der Waals surface area (Å²) in [5.74, 6) is 0.891. The van der Waals surface area contributed by atoms with Crippen molar-refractivity contribution in [2.24, 2.45) is 0 Å². The van der Waals surface area contributed by atoms with E-state index in [2.05, 4.69) is 58.4 Å². The number of H-pyrrole nitrogens is 1. The molecule has 3 heteroatoms. The lowest BCUT2D eigenvalue weighted by molar-refractivity contribution is 0.663. The summed E-state index contributed by atoms with van der Waals surface area (Å²) >= 11 is 0. The van der Waals surface area contributed by atoms with E-state index in [-0.39, 0.29) is 17.6 Å². The predicted molar refractivity (Wildman–Crippen MR) is 97.1 cm³/mol. The molecule has 4 rings (SSSR count). The van der Waals surface area contributed by atoms with Gasteiger partial charge in [-0.2, -0.15) is 0 Å². The summed E-state index contributed by atoms with van der Waals surface area (Å²) in [6.07, 6.45) is 2.14. The molecular weight excluding hydrogens is 296 g/mol. The summed E-state index contributed by atoms with van der Waals surface area (Å²) in [5, 5.41) is 0. The lowest BCUT2D eigenvalue weighted by Gasteiger charge is -2.32. The van der Waals surface area contributed by atoms with Crippen LogP contribution >= 0.6 is 0 Å². The largest absolute Gasteiger partial charge is 0.344 e. The van der Waals surface area contributed by atoms with Gasteiger partial charge in [-0.15, -0.1) is 0 Å². The summed E-state index contributed by atoms with van der Waals surface area (Å²) in [7, 11) is 0. The summed E-state index contributed by atoms with van der Waals surface area (Å²) in [4.78, 5) is 17.2. The Balaban J connectivity index is 1.80. The van der Waals surface area contributed by atoms with Crippen molar-refractivity contribution in [2.45, 2.75) is 24.9 Å². The van der Waals surface area contributed by atoms with Gasteiger partial charge in [0.05, 0.1) is 12.1 Å². The molecule has 2 aromatic carbocycles. The number of aromatic nitrogens is 1. The Hall–Kier alpha value is -2.81. The summed E-state index contributed by atoms with van der Waals surface area (Å²) < 4.78 is 0. The number of nitrogens with zero attached hydrogens (tertiary/aromatic N) is 1. The summed E-state index contributed by atoms with van der Waals surface area (Å²) in [5.41, 5.74) is 2.53. The van der Waals surface area contributed by atoms with Crippen molar-refractivity contribution in [3.63, 3.8) is 0 Å². The molecule has 2 heterocycles. The van der Waals surface area contributed by atoms with Crippen molar-refractivity contribution in [2.75, 3.05) is 4.90 Å². The Kier molecular flexibility index (Phi) is 3.91. The van der Waals surface area contributed by atoms with Gasteiger partial charge in [0, 0.05) is 6.07 Å². The molecule has 120 valence electrons. The Labute approximate surface area is 141 Å². The van der Waals surface area contributed by atoms with Crippen molar-refractivity contribution in [3.8, 4) is 0 Å². The van der Waals surface area contributed by atoms with Gasteiger partial charge in [0.25, 0.3) is 0 Å². The summed E-state index contributed by atoms with van der Waals surface area (Å²) in [6.45, 7) is 0. The van der Waals surface area contributed by atoms with E-state index in [9.17, 15) is 4.79 Å². The van der Waals surface area contributed by atoms with E-state index in [1.807, 2.05) is 24.3 Å². The first-order chi connectivity index (χ1) is 11.8. The lowest BCUT2D eigenvalue weighted by Crippen LogP contribution is -2.28. The minimum Gasteiger partial charge on any atom is -0.344 e. The smallest absolute Gasteiger partial charge is 0.249 e. The minimum absolute atomic E-state index is 0.0574. The Morgan fingerprint density at radius 3 is 1.75 bits per heavy atom.